The molecule has 0 atom stereocenters. The smallest absolute Gasteiger partial charge is 0.251 e. The Morgan fingerprint density at radius 1 is 1.22 bits per heavy atom. The van der Waals surface area contributed by atoms with Gasteiger partial charge in [0, 0.05) is 30.7 Å². The van der Waals surface area contributed by atoms with Gasteiger partial charge >= 0.3 is 0 Å². The molecule has 2 aromatic rings. The first kappa shape index (κ1) is 18.1. The molecule has 0 radical (unpaired) electrons. The number of benzene rings is 2. The van der Waals surface area contributed by atoms with Gasteiger partial charge in [0.05, 0.1) is 5.02 Å². The Bertz CT molecular complexity index is 882. The molecule has 2 heterocycles. The van der Waals surface area contributed by atoms with Gasteiger partial charge < -0.3 is 14.8 Å². The highest BCUT2D eigenvalue weighted by atomic mass is 35.5. The van der Waals surface area contributed by atoms with E-state index in [4.69, 9.17) is 21.1 Å². The van der Waals surface area contributed by atoms with Gasteiger partial charge in [0.25, 0.3) is 5.91 Å². The van der Waals surface area contributed by atoms with Crippen LogP contribution in [0.15, 0.2) is 36.4 Å². The second-order valence-electron chi connectivity index (χ2n) is 7.63. The molecule has 142 valence electrons. The molecule has 2 aliphatic rings. The monoisotopic (exact) mass is 386 g/mol. The van der Waals surface area contributed by atoms with E-state index in [0.717, 1.165) is 19.5 Å². The lowest BCUT2D eigenvalue weighted by molar-refractivity contribution is 0.0826. The second kappa shape index (κ2) is 7.06. The number of rotatable bonds is 4. The summed E-state index contributed by atoms with van der Waals surface area (Å²) in [5, 5.41) is 3.43. The molecule has 0 saturated heterocycles. The van der Waals surface area contributed by atoms with Crippen molar-refractivity contribution in [2.24, 2.45) is 0 Å². The predicted octanol–water partition coefficient (Wildman–Crippen LogP) is 3.64. The summed E-state index contributed by atoms with van der Waals surface area (Å²) in [5.41, 5.74) is 3.10. The molecule has 4 rings (SSSR count). The maximum Gasteiger partial charge on any atom is 0.251 e. The minimum absolute atomic E-state index is 0.129. The number of halogens is 1. The Morgan fingerprint density at radius 2 is 2.00 bits per heavy atom. The van der Waals surface area contributed by atoms with Gasteiger partial charge in [-0.2, -0.15) is 0 Å². The van der Waals surface area contributed by atoms with Gasteiger partial charge in [-0.25, -0.2) is 0 Å². The third kappa shape index (κ3) is 3.62. The van der Waals surface area contributed by atoms with Crippen molar-refractivity contribution >= 4 is 17.5 Å². The first-order chi connectivity index (χ1) is 12.9. The van der Waals surface area contributed by atoms with E-state index >= 15 is 0 Å². The van der Waals surface area contributed by atoms with E-state index in [1.807, 2.05) is 0 Å². The summed E-state index contributed by atoms with van der Waals surface area (Å²) in [5.74, 6) is 0.848. The fourth-order valence-corrected chi connectivity index (χ4v) is 3.89. The zero-order valence-electron chi connectivity index (χ0n) is 15.5. The first-order valence-corrected chi connectivity index (χ1v) is 9.51. The lowest BCUT2D eigenvalue weighted by Crippen LogP contribution is -2.53. The number of fused-ring (bicyclic) bond motifs is 2. The molecule has 2 aromatic carbocycles. The molecule has 2 aliphatic heterocycles. The number of amides is 1. The minimum Gasteiger partial charge on any atom is -0.454 e. The standard InChI is InChI=1S/C21H23ClN2O3/c1-21(2,24-8-7-14-5-3-4-6-15(14)11-24)12-23-20(25)16-9-17(22)19-18(10-16)26-13-27-19/h3-6,9-10H,7-8,11-13H2,1-2H3,(H,23,25). The average Bonchev–Trinajstić information content (AvgIpc) is 3.15. The largest absolute Gasteiger partial charge is 0.454 e. The predicted molar refractivity (Wildman–Crippen MR) is 105 cm³/mol. The fourth-order valence-electron chi connectivity index (χ4n) is 3.62. The van der Waals surface area contributed by atoms with Crippen LogP contribution in [-0.4, -0.2) is 36.2 Å². The van der Waals surface area contributed by atoms with E-state index in [2.05, 4.69) is 48.3 Å². The van der Waals surface area contributed by atoms with Gasteiger partial charge in [0.15, 0.2) is 11.5 Å². The molecule has 0 bridgehead atoms. The molecule has 0 spiro atoms. The number of nitrogens with zero attached hydrogens (tertiary/aromatic N) is 1. The van der Waals surface area contributed by atoms with Crippen molar-refractivity contribution < 1.29 is 14.3 Å². The Hall–Kier alpha value is -2.24. The van der Waals surface area contributed by atoms with E-state index < -0.39 is 0 Å². The summed E-state index contributed by atoms with van der Waals surface area (Å²) in [7, 11) is 0. The SMILES string of the molecule is CC(C)(CNC(=O)c1cc(Cl)c2c(c1)OCO2)N1CCc2ccccc2C1. The van der Waals surface area contributed by atoms with Crippen molar-refractivity contribution in [1.82, 2.24) is 10.2 Å². The maximum atomic E-state index is 12.6. The van der Waals surface area contributed by atoms with E-state index in [9.17, 15) is 4.79 Å². The van der Waals surface area contributed by atoms with Crippen molar-refractivity contribution in [3.8, 4) is 11.5 Å². The van der Waals surface area contributed by atoms with Crippen LogP contribution in [0.25, 0.3) is 0 Å². The molecule has 5 nitrogen and oxygen atoms in total. The van der Waals surface area contributed by atoms with Crippen LogP contribution in [0.3, 0.4) is 0 Å². The van der Waals surface area contributed by atoms with Crippen LogP contribution in [0.1, 0.15) is 35.3 Å². The van der Waals surface area contributed by atoms with Gasteiger partial charge in [0.2, 0.25) is 6.79 Å². The summed E-state index contributed by atoms with van der Waals surface area (Å²) in [6.45, 7) is 6.87. The highest BCUT2D eigenvalue weighted by Crippen LogP contribution is 2.39. The van der Waals surface area contributed by atoms with Crippen LogP contribution in [0.5, 0.6) is 11.5 Å². The minimum atomic E-state index is -0.166. The maximum absolute atomic E-state index is 12.6. The zero-order valence-corrected chi connectivity index (χ0v) is 16.3. The molecule has 6 heteroatoms. The Morgan fingerprint density at radius 3 is 2.81 bits per heavy atom. The van der Waals surface area contributed by atoms with Gasteiger partial charge in [-0.05, 0) is 43.5 Å². The molecular weight excluding hydrogens is 364 g/mol. The van der Waals surface area contributed by atoms with Gasteiger partial charge in [0.1, 0.15) is 0 Å². The number of nitrogens with one attached hydrogen (secondary N) is 1. The van der Waals surface area contributed by atoms with Crippen LogP contribution in [0.2, 0.25) is 5.02 Å². The molecule has 1 amide bonds. The fraction of sp³-hybridized carbons (Fsp3) is 0.381. The summed E-state index contributed by atoms with van der Waals surface area (Å²) in [6.07, 6.45) is 1.03. The lowest BCUT2D eigenvalue weighted by atomic mass is 9.94. The summed E-state index contributed by atoms with van der Waals surface area (Å²) in [6, 6.07) is 11.9. The average molecular weight is 387 g/mol. The van der Waals surface area contributed by atoms with Crippen molar-refractivity contribution in [3.63, 3.8) is 0 Å². The third-order valence-corrected chi connectivity index (χ3v) is 5.64. The molecule has 0 saturated carbocycles. The molecule has 0 aromatic heterocycles. The quantitative estimate of drug-likeness (QED) is 0.871. The Balaban J connectivity index is 1.42. The van der Waals surface area contributed by atoms with Crippen LogP contribution < -0.4 is 14.8 Å². The van der Waals surface area contributed by atoms with Gasteiger partial charge in [-0.3, -0.25) is 9.69 Å². The number of carbonyl (C=O) groups is 1. The zero-order chi connectivity index (χ0) is 19.0. The van der Waals surface area contributed by atoms with Gasteiger partial charge in [-0.15, -0.1) is 0 Å². The Labute approximate surface area is 164 Å². The van der Waals surface area contributed by atoms with E-state index in [0.29, 0.717) is 28.6 Å². The topological polar surface area (TPSA) is 50.8 Å². The lowest BCUT2D eigenvalue weighted by Gasteiger charge is -2.41. The van der Waals surface area contributed by atoms with Crippen LogP contribution >= 0.6 is 11.6 Å². The number of carbonyl (C=O) groups excluding carboxylic acids is 1. The molecule has 0 fully saturated rings. The van der Waals surface area contributed by atoms with Crippen LogP contribution in [0, 0.1) is 0 Å². The number of ether oxygens (including phenoxy) is 2. The molecular formula is C21H23ClN2O3. The molecule has 0 unspecified atom stereocenters. The Kier molecular flexibility index (Phi) is 4.74. The first-order valence-electron chi connectivity index (χ1n) is 9.13. The second-order valence-corrected chi connectivity index (χ2v) is 8.03. The van der Waals surface area contributed by atoms with Gasteiger partial charge in [-0.1, -0.05) is 35.9 Å². The van der Waals surface area contributed by atoms with E-state index in [-0.39, 0.29) is 18.2 Å². The molecule has 1 N–H and O–H groups in total. The highest BCUT2D eigenvalue weighted by molar-refractivity contribution is 6.32. The summed E-state index contributed by atoms with van der Waals surface area (Å²) >= 11 is 6.19. The summed E-state index contributed by atoms with van der Waals surface area (Å²) < 4.78 is 10.6. The molecule has 0 aliphatic carbocycles. The number of hydrogen-bond acceptors (Lipinski definition) is 4. The van der Waals surface area contributed by atoms with Crippen LogP contribution in [-0.2, 0) is 13.0 Å². The summed E-state index contributed by atoms with van der Waals surface area (Å²) in [4.78, 5) is 15.1. The van der Waals surface area contributed by atoms with Crippen molar-refractivity contribution in [3.05, 3.63) is 58.1 Å². The highest BCUT2D eigenvalue weighted by Gasteiger charge is 2.30. The van der Waals surface area contributed by atoms with Crippen LogP contribution in [0.4, 0.5) is 0 Å². The normalized spacial score (nSPS) is 16.1. The molecule has 27 heavy (non-hydrogen) atoms. The number of hydrogen-bond donors (Lipinski definition) is 1. The van der Waals surface area contributed by atoms with E-state index in [1.54, 1.807) is 12.1 Å². The van der Waals surface area contributed by atoms with E-state index in [1.165, 1.54) is 11.1 Å². The third-order valence-electron chi connectivity index (χ3n) is 5.36. The van der Waals surface area contributed by atoms with Crippen molar-refractivity contribution in [2.45, 2.75) is 32.4 Å². The van der Waals surface area contributed by atoms with Crippen molar-refractivity contribution in [2.75, 3.05) is 19.9 Å². The van der Waals surface area contributed by atoms with Crippen molar-refractivity contribution in [1.29, 1.82) is 0 Å².